The molecule has 0 aliphatic carbocycles. The molecule has 0 aromatic carbocycles. The summed E-state index contributed by atoms with van der Waals surface area (Å²) in [7, 11) is 0. The molecule has 1 rings (SSSR count). The smallest absolute Gasteiger partial charge is 0.193 e. The van der Waals surface area contributed by atoms with Crippen LogP contribution in [0.4, 0.5) is 0 Å². The Kier molecular flexibility index (Phi) is 2.97. The first kappa shape index (κ1) is 8.62. The van der Waals surface area contributed by atoms with Crippen molar-refractivity contribution in [3.05, 3.63) is 23.1 Å². The molecule has 2 nitrogen and oxygen atoms in total. The number of hydrogen-bond acceptors (Lipinski definition) is 2. The molecule has 1 aromatic rings. The van der Waals surface area contributed by atoms with Gasteiger partial charge in [0.2, 0.25) is 0 Å². The van der Waals surface area contributed by atoms with Crippen LogP contribution in [0.2, 0.25) is 5.22 Å². The summed E-state index contributed by atoms with van der Waals surface area (Å²) in [5.41, 5.74) is 5.71. The van der Waals surface area contributed by atoms with E-state index in [2.05, 4.69) is 6.92 Å². The minimum atomic E-state index is 0.178. The minimum absolute atomic E-state index is 0.178. The third-order valence-electron chi connectivity index (χ3n) is 1.62. The molecule has 62 valence electrons. The Bertz CT molecular complexity index is 222. The molecule has 2 N–H and O–H groups in total. The topological polar surface area (TPSA) is 39.2 Å². The first-order valence-electron chi connectivity index (χ1n) is 3.72. The third kappa shape index (κ3) is 2.56. The predicted molar refractivity (Wildman–Crippen MR) is 45.7 cm³/mol. The summed E-state index contributed by atoms with van der Waals surface area (Å²) < 4.78 is 5.14. The van der Waals surface area contributed by atoms with E-state index in [1.165, 1.54) is 0 Å². The monoisotopic (exact) mass is 173 g/mol. The largest absolute Gasteiger partial charge is 0.450 e. The van der Waals surface area contributed by atoms with Gasteiger partial charge in [0.25, 0.3) is 0 Å². The molecule has 0 bridgehead atoms. The van der Waals surface area contributed by atoms with Crippen LogP contribution < -0.4 is 5.73 Å². The van der Waals surface area contributed by atoms with Gasteiger partial charge in [-0.1, -0.05) is 6.92 Å². The molecule has 3 heteroatoms. The lowest BCUT2D eigenvalue weighted by Gasteiger charge is -2.04. The zero-order valence-corrected chi connectivity index (χ0v) is 7.27. The van der Waals surface area contributed by atoms with Crippen molar-refractivity contribution in [2.75, 3.05) is 0 Å². The Balaban J connectivity index is 2.50. The zero-order valence-electron chi connectivity index (χ0n) is 6.51. The number of nitrogens with two attached hydrogens (primary N) is 1. The lowest BCUT2D eigenvalue weighted by Crippen LogP contribution is -2.20. The fourth-order valence-corrected chi connectivity index (χ4v) is 1.03. The summed E-state index contributed by atoms with van der Waals surface area (Å²) in [6.07, 6.45) is 1.72. The second-order valence-electron chi connectivity index (χ2n) is 2.58. The highest BCUT2D eigenvalue weighted by Gasteiger charge is 2.04. The van der Waals surface area contributed by atoms with Crippen LogP contribution >= 0.6 is 11.6 Å². The average Bonchev–Trinajstić information content (AvgIpc) is 2.35. The first-order chi connectivity index (χ1) is 5.22. The second-order valence-corrected chi connectivity index (χ2v) is 2.95. The molecule has 0 saturated carbocycles. The highest BCUT2D eigenvalue weighted by Crippen LogP contribution is 2.14. The Hall–Kier alpha value is -0.470. The van der Waals surface area contributed by atoms with E-state index in [1.807, 2.05) is 6.07 Å². The first-order valence-corrected chi connectivity index (χ1v) is 4.10. The van der Waals surface area contributed by atoms with Gasteiger partial charge in [-0.15, -0.1) is 0 Å². The predicted octanol–water partition coefficient (Wildman–Crippen LogP) is 2.21. The maximum atomic E-state index is 5.71. The molecule has 1 heterocycles. The number of hydrogen-bond donors (Lipinski definition) is 1. The maximum Gasteiger partial charge on any atom is 0.193 e. The molecular formula is C8H12ClNO. The Morgan fingerprint density at radius 3 is 2.82 bits per heavy atom. The lowest BCUT2D eigenvalue weighted by atomic mass is 10.1. The van der Waals surface area contributed by atoms with Crippen LogP contribution in [0.1, 0.15) is 19.1 Å². The van der Waals surface area contributed by atoms with Gasteiger partial charge in [0.15, 0.2) is 5.22 Å². The van der Waals surface area contributed by atoms with E-state index in [0.29, 0.717) is 5.22 Å². The van der Waals surface area contributed by atoms with Crippen molar-refractivity contribution in [3.8, 4) is 0 Å². The van der Waals surface area contributed by atoms with Gasteiger partial charge in [0.1, 0.15) is 5.76 Å². The van der Waals surface area contributed by atoms with Crippen LogP contribution in [-0.4, -0.2) is 6.04 Å². The number of furan rings is 1. The third-order valence-corrected chi connectivity index (χ3v) is 1.82. The van der Waals surface area contributed by atoms with E-state index in [0.717, 1.165) is 18.6 Å². The minimum Gasteiger partial charge on any atom is -0.450 e. The summed E-state index contributed by atoms with van der Waals surface area (Å²) in [6, 6.07) is 3.77. The summed E-state index contributed by atoms with van der Waals surface area (Å²) in [4.78, 5) is 0. The van der Waals surface area contributed by atoms with E-state index in [-0.39, 0.29) is 6.04 Å². The molecule has 0 amide bonds. The molecule has 1 unspecified atom stereocenters. The van der Waals surface area contributed by atoms with Crippen molar-refractivity contribution in [2.24, 2.45) is 5.73 Å². The Labute approximate surface area is 71.3 Å². The molecule has 0 aliphatic rings. The fourth-order valence-electron chi connectivity index (χ4n) is 0.864. The van der Waals surface area contributed by atoms with E-state index in [4.69, 9.17) is 21.8 Å². The molecule has 0 fully saturated rings. The molecule has 0 radical (unpaired) electrons. The molecule has 1 aromatic heterocycles. The lowest BCUT2D eigenvalue weighted by molar-refractivity contribution is 0.481. The van der Waals surface area contributed by atoms with Crippen LogP contribution in [0, 0.1) is 0 Å². The normalized spacial score (nSPS) is 13.4. The fraction of sp³-hybridized carbons (Fsp3) is 0.500. The van der Waals surface area contributed by atoms with Crippen molar-refractivity contribution in [1.29, 1.82) is 0 Å². The summed E-state index contributed by atoms with van der Waals surface area (Å²) in [5, 5.41) is 0.434. The number of halogens is 1. The molecular weight excluding hydrogens is 162 g/mol. The van der Waals surface area contributed by atoms with Crippen LogP contribution in [0.15, 0.2) is 16.5 Å². The van der Waals surface area contributed by atoms with Gasteiger partial charge >= 0.3 is 0 Å². The summed E-state index contributed by atoms with van der Waals surface area (Å²) >= 11 is 5.58. The second kappa shape index (κ2) is 3.79. The van der Waals surface area contributed by atoms with Gasteiger partial charge in [-0.3, -0.25) is 0 Å². The Morgan fingerprint density at radius 1 is 1.64 bits per heavy atom. The highest BCUT2D eigenvalue weighted by atomic mass is 35.5. The maximum absolute atomic E-state index is 5.71. The quantitative estimate of drug-likeness (QED) is 0.762. The van der Waals surface area contributed by atoms with E-state index < -0.39 is 0 Å². The van der Waals surface area contributed by atoms with Gasteiger partial charge in [-0.2, -0.15) is 0 Å². The molecule has 11 heavy (non-hydrogen) atoms. The van der Waals surface area contributed by atoms with Crippen LogP contribution in [0.25, 0.3) is 0 Å². The van der Waals surface area contributed by atoms with Crippen molar-refractivity contribution in [2.45, 2.75) is 25.8 Å². The SMILES string of the molecule is CCC(N)Cc1ccc(Cl)o1. The average molecular weight is 174 g/mol. The van der Waals surface area contributed by atoms with E-state index >= 15 is 0 Å². The zero-order chi connectivity index (χ0) is 8.27. The van der Waals surface area contributed by atoms with Gasteiger partial charge in [-0.25, -0.2) is 0 Å². The van der Waals surface area contributed by atoms with Crippen molar-refractivity contribution < 1.29 is 4.42 Å². The van der Waals surface area contributed by atoms with Crippen LogP contribution in [0.5, 0.6) is 0 Å². The van der Waals surface area contributed by atoms with Gasteiger partial charge < -0.3 is 10.2 Å². The molecule has 0 aliphatic heterocycles. The van der Waals surface area contributed by atoms with Gasteiger partial charge in [-0.05, 0) is 30.2 Å². The van der Waals surface area contributed by atoms with Gasteiger partial charge in [0.05, 0.1) is 0 Å². The van der Waals surface area contributed by atoms with E-state index in [9.17, 15) is 0 Å². The van der Waals surface area contributed by atoms with Crippen molar-refractivity contribution in [1.82, 2.24) is 0 Å². The van der Waals surface area contributed by atoms with Crippen LogP contribution in [0.3, 0.4) is 0 Å². The van der Waals surface area contributed by atoms with Crippen molar-refractivity contribution in [3.63, 3.8) is 0 Å². The van der Waals surface area contributed by atoms with Gasteiger partial charge in [0, 0.05) is 12.5 Å². The molecule has 1 atom stereocenters. The summed E-state index contributed by atoms with van der Waals surface area (Å²) in [6.45, 7) is 2.05. The highest BCUT2D eigenvalue weighted by molar-refractivity contribution is 6.28. The standard InChI is InChI=1S/C8H12ClNO/c1-2-6(10)5-7-3-4-8(9)11-7/h3-4,6H,2,5,10H2,1H3. The number of rotatable bonds is 3. The van der Waals surface area contributed by atoms with E-state index in [1.54, 1.807) is 6.07 Å². The molecule has 0 saturated heterocycles. The van der Waals surface area contributed by atoms with Crippen LogP contribution in [-0.2, 0) is 6.42 Å². The Morgan fingerprint density at radius 2 is 2.36 bits per heavy atom. The van der Waals surface area contributed by atoms with Crippen molar-refractivity contribution >= 4 is 11.6 Å². The summed E-state index contributed by atoms with van der Waals surface area (Å²) in [5.74, 6) is 0.865. The molecule has 0 spiro atoms.